The number of sulfonamides is 1. The van der Waals surface area contributed by atoms with Gasteiger partial charge in [-0.3, -0.25) is 0 Å². The molecule has 8 heteroatoms. The first-order chi connectivity index (χ1) is 9.79. The molecule has 0 bridgehead atoms. The van der Waals surface area contributed by atoms with Crippen molar-refractivity contribution in [3.8, 4) is 0 Å². The van der Waals surface area contributed by atoms with E-state index in [1.807, 2.05) is 0 Å². The third-order valence-corrected chi connectivity index (χ3v) is 5.08. The molecule has 0 spiro atoms. The lowest BCUT2D eigenvalue weighted by atomic mass is 10.1. The van der Waals surface area contributed by atoms with Gasteiger partial charge < -0.3 is 0 Å². The summed E-state index contributed by atoms with van der Waals surface area (Å²) in [6, 6.07) is 7.17. The minimum absolute atomic E-state index is 0.0313. The Balaban J connectivity index is 2.25. The van der Waals surface area contributed by atoms with Crippen molar-refractivity contribution in [3.63, 3.8) is 0 Å². The fourth-order valence-electron chi connectivity index (χ4n) is 1.74. The highest BCUT2D eigenvalue weighted by atomic mass is 35.5. The number of nitrogens with zero attached hydrogens (tertiary/aromatic N) is 1. The predicted molar refractivity (Wildman–Crippen MR) is 84.4 cm³/mol. The van der Waals surface area contributed by atoms with Crippen LogP contribution in [0, 0.1) is 0 Å². The maximum absolute atomic E-state index is 12.2. The first-order valence-corrected chi connectivity index (χ1v) is 8.50. The quantitative estimate of drug-likeness (QED) is 0.830. The van der Waals surface area contributed by atoms with E-state index < -0.39 is 16.1 Å². The van der Waals surface area contributed by atoms with E-state index in [1.54, 1.807) is 25.1 Å². The number of nitrogens with one attached hydrogen (secondary N) is 1. The molecule has 1 heterocycles. The van der Waals surface area contributed by atoms with Crippen molar-refractivity contribution in [3.05, 3.63) is 57.3 Å². The van der Waals surface area contributed by atoms with Gasteiger partial charge in [0, 0.05) is 22.3 Å². The molecule has 1 atom stereocenters. The van der Waals surface area contributed by atoms with Crippen molar-refractivity contribution < 1.29 is 8.42 Å². The summed E-state index contributed by atoms with van der Waals surface area (Å²) < 4.78 is 27.0. The molecule has 0 radical (unpaired) electrons. The normalized spacial score (nSPS) is 13.1. The van der Waals surface area contributed by atoms with Crippen LogP contribution in [0.1, 0.15) is 18.5 Å². The van der Waals surface area contributed by atoms with E-state index in [0.29, 0.717) is 15.6 Å². The second kappa shape index (κ2) is 6.50. The van der Waals surface area contributed by atoms with Crippen molar-refractivity contribution in [1.29, 1.82) is 0 Å². The van der Waals surface area contributed by atoms with E-state index in [4.69, 9.17) is 34.8 Å². The Morgan fingerprint density at radius 1 is 1.14 bits per heavy atom. The number of hydrogen-bond donors (Lipinski definition) is 1. The van der Waals surface area contributed by atoms with Gasteiger partial charge in [0.15, 0.2) is 0 Å². The highest BCUT2D eigenvalue weighted by molar-refractivity contribution is 7.89. The maximum Gasteiger partial charge on any atom is 0.242 e. The molecule has 0 saturated heterocycles. The molecule has 0 aliphatic heterocycles. The van der Waals surface area contributed by atoms with Gasteiger partial charge in [0.1, 0.15) is 10.0 Å². The lowest BCUT2D eigenvalue weighted by molar-refractivity contribution is 0.566. The van der Waals surface area contributed by atoms with Crippen LogP contribution in [-0.4, -0.2) is 13.4 Å². The lowest BCUT2D eigenvalue weighted by Gasteiger charge is -2.16. The third kappa shape index (κ3) is 4.08. The monoisotopic (exact) mass is 364 g/mol. The Morgan fingerprint density at radius 2 is 1.86 bits per heavy atom. The van der Waals surface area contributed by atoms with E-state index in [9.17, 15) is 8.42 Å². The van der Waals surface area contributed by atoms with Gasteiger partial charge >= 0.3 is 0 Å². The molecule has 0 saturated carbocycles. The summed E-state index contributed by atoms with van der Waals surface area (Å²) in [5, 5.41) is 1.11. The van der Waals surface area contributed by atoms with Crippen LogP contribution < -0.4 is 4.72 Å². The molecule has 2 aromatic rings. The first-order valence-electron chi connectivity index (χ1n) is 5.88. The van der Waals surface area contributed by atoms with Crippen LogP contribution in [0.25, 0.3) is 0 Å². The summed E-state index contributed by atoms with van der Waals surface area (Å²) in [4.78, 5) is 3.79. The molecule has 1 aromatic heterocycles. The highest BCUT2D eigenvalue weighted by Gasteiger charge is 2.20. The molecule has 1 aromatic carbocycles. The van der Waals surface area contributed by atoms with E-state index in [2.05, 4.69) is 9.71 Å². The minimum atomic E-state index is -3.71. The fraction of sp³-hybridized carbons (Fsp3) is 0.154. The Labute approximate surface area is 138 Å². The minimum Gasteiger partial charge on any atom is -0.243 e. The molecule has 4 nitrogen and oxygen atoms in total. The predicted octanol–water partition coefficient (Wildman–Crippen LogP) is 4.08. The van der Waals surface area contributed by atoms with Crippen LogP contribution in [-0.2, 0) is 10.0 Å². The van der Waals surface area contributed by atoms with Crippen LogP contribution in [0.2, 0.25) is 15.2 Å². The fourth-order valence-corrected chi connectivity index (χ4v) is 3.59. The van der Waals surface area contributed by atoms with Crippen molar-refractivity contribution in [2.75, 3.05) is 0 Å². The van der Waals surface area contributed by atoms with E-state index in [0.717, 1.165) is 0 Å². The molecule has 21 heavy (non-hydrogen) atoms. The molecule has 2 rings (SSSR count). The average Bonchev–Trinajstić information content (AvgIpc) is 2.38. The summed E-state index contributed by atoms with van der Waals surface area (Å²) in [6.07, 6.45) is 1.20. The van der Waals surface area contributed by atoms with Gasteiger partial charge in [-0.05, 0) is 36.8 Å². The number of halogens is 3. The lowest BCUT2D eigenvalue weighted by Crippen LogP contribution is -2.27. The molecule has 0 aliphatic rings. The van der Waals surface area contributed by atoms with Crippen LogP contribution in [0.5, 0.6) is 0 Å². The Kier molecular flexibility index (Phi) is 5.11. The van der Waals surface area contributed by atoms with E-state index in [-0.39, 0.29) is 10.0 Å². The SMILES string of the molecule is CC(NS(=O)(=O)c1ccc(Cl)nc1)c1ccc(Cl)cc1Cl. The standard InChI is InChI=1S/C13H11Cl3N2O2S/c1-8(11-4-2-9(14)6-12(11)15)18-21(19,20)10-3-5-13(16)17-7-10/h2-8,18H,1H3. The van der Waals surface area contributed by atoms with Gasteiger partial charge in [-0.15, -0.1) is 0 Å². The van der Waals surface area contributed by atoms with Gasteiger partial charge in [-0.1, -0.05) is 40.9 Å². The summed E-state index contributed by atoms with van der Waals surface area (Å²) in [7, 11) is -3.71. The zero-order valence-electron chi connectivity index (χ0n) is 10.8. The Hall–Kier alpha value is -0.850. The van der Waals surface area contributed by atoms with Crippen LogP contribution in [0.4, 0.5) is 0 Å². The summed E-state index contributed by atoms with van der Waals surface area (Å²) in [5.74, 6) is 0. The number of hydrogen-bond acceptors (Lipinski definition) is 3. The van der Waals surface area contributed by atoms with Crippen LogP contribution in [0.15, 0.2) is 41.4 Å². The number of benzene rings is 1. The van der Waals surface area contributed by atoms with Gasteiger partial charge in [-0.25, -0.2) is 18.1 Å². The number of pyridine rings is 1. The average molecular weight is 366 g/mol. The molecule has 1 N–H and O–H groups in total. The molecule has 0 aliphatic carbocycles. The summed E-state index contributed by atoms with van der Waals surface area (Å²) in [5.41, 5.74) is 0.631. The smallest absolute Gasteiger partial charge is 0.242 e. The second-order valence-corrected chi connectivity index (χ2v) is 7.27. The molecule has 112 valence electrons. The van der Waals surface area contributed by atoms with Gasteiger partial charge in [0.25, 0.3) is 0 Å². The number of aromatic nitrogens is 1. The van der Waals surface area contributed by atoms with Crippen molar-refractivity contribution in [2.45, 2.75) is 17.9 Å². The maximum atomic E-state index is 12.2. The first kappa shape index (κ1) is 16.5. The van der Waals surface area contributed by atoms with E-state index in [1.165, 1.54) is 18.3 Å². The molecular formula is C13H11Cl3N2O2S. The molecular weight excluding hydrogens is 355 g/mol. The second-order valence-electron chi connectivity index (χ2n) is 4.33. The number of rotatable bonds is 4. The third-order valence-electron chi connectivity index (χ3n) is 2.77. The summed E-state index contributed by atoms with van der Waals surface area (Å²) in [6.45, 7) is 1.69. The molecule has 0 amide bonds. The highest BCUT2D eigenvalue weighted by Crippen LogP contribution is 2.27. The van der Waals surface area contributed by atoms with Crippen molar-refractivity contribution in [2.24, 2.45) is 0 Å². The Morgan fingerprint density at radius 3 is 2.43 bits per heavy atom. The zero-order chi connectivity index (χ0) is 15.6. The summed E-state index contributed by atoms with van der Waals surface area (Å²) >= 11 is 17.5. The zero-order valence-corrected chi connectivity index (χ0v) is 13.9. The largest absolute Gasteiger partial charge is 0.243 e. The van der Waals surface area contributed by atoms with E-state index >= 15 is 0 Å². The van der Waals surface area contributed by atoms with Gasteiger partial charge in [0.05, 0.1) is 0 Å². The van der Waals surface area contributed by atoms with Gasteiger partial charge in [0.2, 0.25) is 10.0 Å². The van der Waals surface area contributed by atoms with Crippen molar-refractivity contribution in [1.82, 2.24) is 9.71 Å². The van der Waals surface area contributed by atoms with Crippen LogP contribution >= 0.6 is 34.8 Å². The molecule has 0 fully saturated rings. The van der Waals surface area contributed by atoms with Gasteiger partial charge in [-0.2, -0.15) is 0 Å². The van der Waals surface area contributed by atoms with Crippen LogP contribution in [0.3, 0.4) is 0 Å². The molecule has 1 unspecified atom stereocenters. The van der Waals surface area contributed by atoms with Crippen molar-refractivity contribution >= 4 is 44.8 Å². The Bertz CT molecular complexity index is 749. The topological polar surface area (TPSA) is 59.1 Å².